The van der Waals surface area contributed by atoms with E-state index in [0.29, 0.717) is 28.1 Å². The molecular weight excluding hydrogens is 263 g/mol. The summed E-state index contributed by atoms with van der Waals surface area (Å²) >= 11 is 1.23. The van der Waals surface area contributed by atoms with Gasteiger partial charge in [0.05, 0.1) is 11.1 Å². The maximum absolute atomic E-state index is 13.7. The maximum Gasteiger partial charge on any atom is 0.266 e. The third kappa shape index (κ3) is 2.33. The standard InChI is InChI=1S/C14H15FN2OS/c1-3-8-17(4-2)14(18)13-12(16)11-9(15)6-5-7-10(11)19-13/h3,5-7H,1,4,8,16H2,2H3. The van der Waals surface area contributed by atoms with Crippen LogP contribution in [0.5, 0.6) is 0 Å². The molecule has 3 nitrogen and oxygen atoms in total. The zero-order chi connectivity index (χ0) is 14.0. The van der Waals surface area contributed by atoms with E-state index in [4.69, 9.17) is 5.73 Å². The first-order chi connectivity index (χ1) is 9.10. The number of fused-ring (bicyclic) bond motifs is 1. The largest absolute Gasteiger partial charge is 0.397 e. The molecule has 0 atom stereocenters. The van der Waals surface area contributed by atoms with Crippen LogP contribution in [-0.2, 0) is 0 Å². The molecule has 5 heteroatoms. The predicted octanol–water partition coefficient (Wildman–Crippen LogP) is 3.27. The monoisotopic (exact) mass is 278 g/mol. The van der Waals surface area contributed by atoms with Gasteiger partial charge in [0.15, 0.2) is 0 Å². The summed E-state index contributed by atoms with van der Waals surface area (Å²) in [6, 6.07) is 4.73. The van der Waals surface area contributed by atoms with Crippen LogP contribution in [0.4, 0.5) is 10.1 Å². The molecule has 1 heterocycles. The number of likely N-dealkylation sites (N-methyl/N-ethyl adjacent to an activating group) is 1. The Morgan fingerprint density at radius 1 is 1.58 bits per heavy atom. The van der Waals surface area contributed by atoms with Gasteiger partial charge in [0.1, 0.15) is 10.7 Å². The van der Waals surface area contributed by atoms with E-state index in [0.717, 1.165) is 0 Å². The molecule has 1 aromatic carbocycles. The number of amides is 1. The lowest BCUT2D eigenvalue weighted by molar-refractivity contribution is 0.0788. The van der Waals surface area contributed by atoms with Crippen LogP contribution in [0.15, 0.2) is 30.9 Å². The van der Waals surface area contributed by atoms with Gasteiger partial charge < -0.3 is 10.6 Å². The van der Waals surface area contributed by atoms with Crippen molar-refractivity contribution in [3.8, 4) is 0 Å². The van der Waals surface area contributed by atoms with Gasteiger partial charge in [0, 0.05) is 17.8 Å². The van der Waals surface area contributed by atoms with Gasteiger partial charge in [-0.05, 0) is 19.1 Å². The molecule has 1 amide bonds. The average Bonchev–Trinajstić information content (AvgIpc) is 2.74. The lowest BCUT2D eigenvalue weighted by Gasteiger charge is -2.18. The Kier molecular flexibility index (Phi) is 3.85. The number of benzene rings is 1. The summed E-state index contributed by atoms with van der Waals surface area (Å²) in [6.45, 7) is 6.51. The first kappa shape index (κ1) is 13.5. The van der Waals surface area contributed by atoms with Crippen molar-refractivity contribution in [2.45, 2.75) is 6.92 Å². The molecule has 2 rings (SSSR count). The number of anilines is 1. The minimum Gasteiger partial charge on any atom is -0.397 e. The van der Waals surface area contributed by atoms with E-state index in [1.807, 2.05) is 6.92 Å². The topological polar surface area (TPSA) is 46.3 Å². The molecule has 2 aromatic rings. The zero-order valence-electron chi connectivity index (χ0n) is 10.6. The van der Waals surface area contributed by atoms with Gasteiger partial charge in [0.25, 0.3) is 5.91 Å². The highest BCUT2D eigenvalue weighted by atomic mass is 32.1. The number of nitrogen functional groups attached to an aromatic ring is 1. The number of nitrogens with two attached hydrogens (primary N) is 1. The molecule has 0 radical (unpaired) electrons. The van der Waals surface area contributed by atoms with Gasteiger partial charge in [-0.3, -0.25) is 4.79 Å². The third-order valence-electron chi connectivity index (χ3n) is 2.91. The second-order valence-corrected chi connectivity index (χ2v) is 5.14. The highest BCUT2D eigenvalue weighted by Crippen LogP contribution is 2.35. The van der Waals surface area contributed by atoms with Crippen molar-refractivity contribution in [2.24, 2.45) is 0 Å². The summed E-state index contributed by atoms with van der Waals surface area (Å²) in [5.74, 6) is -0.572. The lowest BCUT2D eigenvalue weighted by Crippen LogP contribution is -2.30. The molecule has 0 spiro atoms. The SMILES string of the molecule is C=CCN(CC)C(=O)c1sc2cccc(F)c2c1N. The Labute approximate surface area is 115 Å². The Balaban J connectivity index is 2.51. The number of thiophene rings is 1. The highest BCUT2D eigenvalue weighted by molar-refractivity contribution is 7.21. The molecule has 0 bridgehead atoms. The van der Waals surface area contributed by atoms with Crippen molar-refractivity contribution in [2.75, 3.05) is 18.8 Å². The molecule has 2 N–H and O–H groups in total. The molecule has 0 aliphatic carbocycles. The Bertz CT molecular complexity index is 636. The van der Waals surface area contributed by atoms with Crippen LogP contribution in [0.25, 0.3) is 10.1 Å². The minimum absolute atomic E-state index is 0.180. The quantitative estimate of drug-likeness (QED) is 0.872. The summed E-state index contributed by atoms with van der Waals surface area (Å²) < 4.78 is 14.4. The van der Waals surface area contributed by atoms with Crippen LogP contribution < -0.4 is 5.73 Å². The van der Waals surface area contributed by atoms with Crippen molar-refractivity contribution in [1.82, 2.24) is 4.90 Å². The molecule has 100 valence electrons. The van der Waals surface area contributed by atoms with Gasteiger partial charge in [-0.1, -0.05) is 12.1 Å². The van der Waals surface area contributed by atoms with Crippen LogP contribution in [0.1, 0.15) is 16.6 Å². The molecule has 0 saturated carbocycles. The molecule has 0 saturated heterocycles. The first-order valence-electron chi connectivity index (χ1n) is 5.96. The Morgan fingerprint density at radius 3 is 2.89 bits per heavy atom. The molecule has 0 unspecified atom stereocenters. The molecular formula is C14H15FN2OS. The smallest absolute Gasteiger partial charge is 0.266 e. The fraction of sp³-hybridized carbons (Fsp3) is 0.214. The van der Waals surface area contributed by atoms with Crippen molar-refractivity contribution >= 4 is 33.0 Å². The molecule has 0 aliphatic rings. The predicted molar refractivity (Wildman–Crippen MR) is 78.0 cm³/mol. The number of rotatable bonds is 4. The van der Waals surface area contributed by atoms with Gasteiger partial charge in [-0.25, -0.2) is 4.39 Å². The normalized spacial score (nSPS) is 10.6. The molecule has 0 aliphatic heterocycles. The van der Waals surface area contributed by atoms with Crippen molar-refractivity contribution in [3.63, 3.8) is 0 Å². The van der Waals surface area contributed by atoms with Crippen LogP contribution in [-0.4, -0.2) is 23.9 Å². The molecule has 1 aromatic heterocycles. The first-order valence-corrected chi connectivity index (χ1v) is 6.78. The molecule has 19 heavy (non-hydrogen) atoms. The maximum atomic E-state index is 13.7. The molecule has 0 fully saturated rings. The van der Waals surface area contributed by atoms with E-state index < -0.39 is 5.82 Å². The van der Waals surface area contributed by atoms with E-state index in [9.17, 15) is 9.18 Å². The van der Waals surface area contributed by atoms with E-state index in [1.54, 1.807) is 23.1 Å². The van der Waals surface area contributed by atoms with E-state index in [2.05, 4.69) is 6.58 Å². The number of carbonyl (C=O) groups excluding carboxylic acids is 1. The number of carbonyl (C=O) groups is 1. The summed E-state index contributed by atoms with van der Waals surface area (Å²) in [5, 5.41) is 0.338. The second-order valence-electron chi connectivity index (χ2n) is 4.09. The van der Waals surface area contributed by atoms with E-state index in [1.165, 1.54) is 17.4 Å². The number of halogens is 1. The summed E-state index contributed by atoms with van der Waals surface area (Å²) in [6.07, 6.45) is 1.66. The summed E-state index contributed by atoms with van der Waals surface area (Å²) in [5.41, 5.74) is 6.15. The van der Waals surface area contributed by atoms with Gasteiger partial charge >= 0.3 is 0 Å². The Hall–Kier alpha value is -1.88. The Morgan fingerprint density at radius 2 is 2.32 bits per heavy atom. The van der Waals surface area contributed by atoms with Crippen LogP contribution in [0.3, 0.4) is 0 Å². The fourth-order valence-corrected chi connectivity index (χ4v) is 3.05. The van der Waals surface area contributed by atoms with Crippen LogP contribution in [0, 0.1) is 5.82 Å². The van der Waals surface area contributed by atoms with Crippen LogP contribution >= 0.6 is 11.3 Å². The average molecular weight is 278 g/mol. The van der Waals surface area contributed by atoms with Crippen molar-refractivity contribution in [1.29, 1.82) is 0 Å². The minimum atomic E-state index is -0.392. The van der Waals surface area contributed by atoms with Gasteiger partial charge in [-0.15, -0.1) is 17.9 Å². The highest BCUT2D eigenvalue weighted by Gasteiger charge is 2.21. The van der Waals surface area contributed by atoms with Crippen molar-refractivity contribution < 1.29 is 9.18 Å². The second kappa shape index (κ2) is 5.40. The summed E-state index contributed by atoms with van der Waals surface area (Å²) in [7, 11) is 0. The third-order valence-corrected chi connectivity index (χ3v) is 4.07. The number of hydrogen-bond donors (Lipinski definition) is 1. The summed E-state index contributed by atoms with van der Waals surface area (Å²) in [4.78, 5) is 14.4. The zero-order valence-corrected chi connectivity index (χ0v) is 11.5. The fourth-order valence-electron chi connectivity index (χ4n) is 1.94. The lowest BCUT2D eigenvalue weighted by atomic mass is 10.2. The number of hydrogen-bond acceptors (Lipinski definition) is 3. The van der Waals surface area contributed by atoms with Crippen molar-refractivity contribution in [3.05, 3.63) is 41.5 Å². The number of nitrogens with zero attached hydrogens (tertiary/aromatic N) is 1. The van der Waals surface area contributed by atoms with Crippen LogP contribution in [0.2, 0.25) is 0 Å². The van der Waals surface area contributed by atoms with E-state index in [-0.39, 0.29) is 11.6 Å². The van der Waals surface area contributed by atoms with Gasteiger partial charge in [0.2, 0.25) is 0 Å². The van der Waals surface area contributed by atoms with E-state index >= 15 is 0 Å². The van der Waals surface area contributed by atoms with Gasteiger partial charge in [-0.2, -0.15) is 0 Å².